The molecular weight excluding hydrogens is 422 g/mol. The van der Waals surface area contributed by atoms with Gasteiger partial charge >= 0.3 is 0 Å². The first-order chi connectivity index (χ1) is 15.6. The van der Waals surface area contributed by atoms with Gasteiger partial charge in [0, 0.05) is 16.6 Å². The molecule has 1 aliphatic carbocycles. The Morgan fingerprint density at radius 1 is 1.03 bits per heavy atom. The summed E-state index contributed by atoms with van der Waals surface area (Å²) in [6, 6.07) is 8.74. The average molecular weight is 460 g/mol. The van der Waals surface area contributed by atoms with Gasteiger partial charge in [-0.15, -0.1) is 0 Å². The highest BCUT2D eigenvalue weighted by molar-refractivity contribution is 6.30. The van der Waals surface area contributed by atoms with Crippen LogP contribution in [0.15, 0.2) is 34.3 Å². The highest BCUT2D eigenvalue weighted by Crippen LogP contribution is 2.23. The zero-order chi connectivity index (χ0) is 22.4. The Balaban J connectivity index is 1.60. The maximum Gasteiger partial charge on any atom is 0.201 e. The number of likely N-dealkylation sites (tertiary alicyclic amines) is 1. The quantitative estimate of drug-likeness (QED) is 0.491. The fraction of sp³-hybridized carbons (Fsp3) is 0.667. The van der Waals surface area contributed by atoms with Crippen molar-refractivity contribution in [2.45, 2.75) is 76.2 Å². The highest BCUT2D eigenvalue weighted by atomic mass is 35.5. The van der Waals surface area contributed by atoms with Crippen LogP contribution in [0.25, 0.3) is 0 Å². The summed E-state index contributed by atoms with van der Waals surface area (Å²) in [6.45, 7) is 5.27. The van der Waals surface area contributed by atoms with Crippen LogP contribution < -0.4 is 21.3 Å². The lowest BCUT2D eigenvalue weighted by atomic mass is 10.1. The van der Waals surface area contributed by atoms with Gasteiger partial charge in [-0.1, -0.05) is 56.3 Å². The van der Waals surface area contributed by atoms with Crippen LogP contribution in [0.3, 0.4) is 0 Å². The molecule has 0 amide bonds. The van der Waals surface area contributed by atoms with E-state index in [0.717, 1.165) is 48.4 Å². The maximum absolute atomic E-state index is 6.16. The molecule has 2 atom stereocenters. The SMILES string of the molecule is CCN1CCCC1CN=C1NC(=NC2CCCCCC2)NC(NC)(c2ccc(Cl)cc2)N1. The standard InChI is InChI=1S/C24H38ClN7/c1-3-32-16-8-11-21(32)17-27-22-29-23(28-20-9-6-4-5-7-10-20)31-24(26-2,30-22)18-12-14-19(25)15-13-18/h12-15,20-21,26H,3-11,16-17H2,1-2H3,(H3,27,28,29,30,31). The van der Waals surface area contributed by atoms with Crippen molar-refractivity contribution in [3.8, 4) is 0 Å². The molecule has 8 heteroatoms. The predicted molar refractivity (Wildman–Crippen MR) is 133 cm³/mol. The Morgan fingerprint density at radius 3 is 2.44 bits per heavy atom. The van der Waals surface area contributed by atoms with E-state index in [2.05, 4.69) is 33.1 Å². The molecule has 3 aliphatic rings. The number of nitrogens with one attached hydrogen (secondary N) is 4. The van der Waals surface area contributed by atoms with Gasteiger partial charge in [-0.05, 0) is 58.0 Å². The van der Waals surface area contributed by atoms with Gasteiger partial charge in [0.2, 0.25) is 11.9 Å². The molecule has 3 fully saturated rings. The third-order valence-electron chi connectivity index (χ3n) is 7.00. The van der Waals surface area contributed by atoms with Gasteiger partial charge in [0.15, 0.2) is 5.79 Å². The van der Waals surface area contributed by atoms with E-state index in [1.54, 1.807) is 0 Å². The first-order valence-electron chi connectivity index (χ1n) is 12.3. The number of guanidine groups is 2. The summed E-state index contributed by atoms with van der Waals surface area (Å²) in [5.41, 5.74) is 1.03. The van der Waals surface area contributed by atoms with E-state index in [-0.39, 0.29) is 0 Å². The lowest BCUT2D eigenvalue weighted by molar-refractivity contribution is 0.268. The largest absolute Gasteiger partial charge is 0.317 e. The van der Waals surface area contributed by atoms with Gasteiger partial charge in [0.1, 0.15) is 0 Å². The fourth-order valence-corrected chi connectivity index (χ4v) is 5.23. The molecule has 1 aromatic rings. The molecular formula is C24H38ClN7. The molecule has 2 heterocycles. The smallest absolute Gasteiger partial charge is 0.201 e. The minimum absolute atomic E-state index is 0.344. The van der Waals surface area contributed by atoms with Crippen molar-refractivity contribution in [2.24, 2.45) is 9.98 Å². The fourth-order valence-electron chi connectivity index (χ4n) is 5.10. The number of benzene rings is 1. The molecule has 0 bridgehead atoms. The van der Waals surface area contributed by atoms with Crippen LogP contribution in [-0.4, -0.2) is 55.6 Å². The molecule has 1 saturated carbocycles. The van der Waals surface area contributed by atoms with E-state index >= 15 is 0 Å². The van der Waals surface area contributed by atoms with Gasteiger partial charge < -0.3 is 10.6 Å². The maximum atomic E-state index is 6.16. The second kappa shape index (κ2) is 10.9. The summed E-state index contributed by atoms with van der Waals surface area (Å²) in [7, 11) is 1.94. The summed E-state index contributed by atoms with van der Waals surface area (Å²) >= 11 is 6.16. The molecule has 0 aromatic heterocycles. The molecule has 2 aliphatic heterocycles. The summed E-state index contributed by atoms with van der Waals surface area (Å²) in [5, 5.41) is 14.7. The number of aliphatic imine (C=N–C) groups is 2. The van der Waals surface area contributed by atoms with Gasteiger partial charge in [-0.2, -0.15) is 0 Å². The molecule has 0 radical (unpaired) electrons. The normalized spacial score (nSPS) is 30.0. The third kappa shape index (κ3) is 5.56. The number of nitrogens with zero attached hydrogens (tertiary/aromatic N) is 3. The summed E-state index contributed by atoms with van der Waals surface area (Å²) in [5.74, 6) is 0.819. The minimum atomic E-state index is -0.710. The zero-order valence-electron chi connectivity index (χ0n) is 19.5. The molecule has 4 rings (SSSR count). The average Bonchev–Trinajstić information content (AvgIpc) is 3.12. The Bertz CT molecular complexity index is 801. The lowest BCUT2D eigenvalue weighted by Gasteiger charge is -2.42. The second-order valence-electron chi connectivity index (χ2n) is 9.12. The van der Waals surface area contributed by atoms with Gasteiger partial charge in [0.05, 0.1) is 12.6 Å². The van der Waals surface area contributed by atoms with Crippen molar-refractivity contribution >= 4 is 23.5 Å². The number of likely N-dealkylation sites (N-methyl/N-ethyl adjacent to an activating group) is 1. The Morgan fingerprint density at radius 2 is 1.75 bits per heavy atom. The highest BCUT2D eigenvalue weighted by Gasteiger charge is 2.37. The first-order valence-corrected chi connectivity index (χ1v) is 12.6. The number of hydrogen-bond donors (Lipinski definition) is 4. The van der Waals surface area contributed by atoms with Crippen molar-refractivity contribution in [1.29, 1.82) is 0 Å². The van der Waals surface area contributed by atoms with Gasteiger partial charge in [-0.3, -0.25) is 20.5 Å². The Kier molecular flexibility index (Phi) is 7.92. The van der Waals surface area contributed by atoms with Crippen LogP contribution in [-0.2, 0) is 5.79 Å². The molecule has 4 N–H and O–H groups in total. The van der Waals surface area contributed by atoms with E-state index < -0.39 is 5.79 Å². The van der Waals surface area contributed by atoms with Crippen LogP contribution in [0.1, 0.15) is 63.9 Å². The van der Waals surface area contributed by atoms with Crippen molar-refractivity contribution in [1.82, 2.24) is 26.2 Å². The molecule has 2 unspecified atom stereocenters. The first kappa shape index (κ1) is 23.3. The van der Waals surface area contributed by atoms with Gasteiger partial charge in [0.25, 0.3) is 0 Å². The van der Waals surface area contributed by atoms with E-state index in [1.165, 1.54) is 45.1 Å². The summed E-state index contributed by atoms with van der Waals surface area (Å²) in [4.78, 5) is 12.6. The monoisotopic (exact) mass is 459 g/mol. The summed E-state index contributed by atoms with van der Waals surface area (Å²) in [6.07, 6.45) is 9.90. The third-order valence-corrected chi connectivity index (χ3v) is 7.25. The number of rotatable bonds is 6. The van der Waals surface area contributed by atoms with Crippen LogP contribution in [0.4, 0.5) is 0 Å². The van der Waals surface area contributed by atoms with Crippen LogP contribution in [0, 0.1) is 0 Å². The molecule has 32 heavy (non-hydrogen) atoms. The van der Waals surface area contributed by atoms with Crippen molar-refractivity contribution in [3.63, 3.8) is 0 Å². The Labute approximate surface area is 197 Å². The van der Waals surface area contributed by atoms with Crippen molar-refractivity contribution in [3.05, 3.63) is 34.9 Å². The second-order valence-corrected chi connectivity index (χ2v) is 9.56. The topological polar surface area (TPSA) is 76.1 Å². The summed E-state index contributed by atoms with van der Waals surface area (Å²) < 4.78 is 0. The molecule has 1 aromatic carbocycles. The van der Waals surface area contributed by atoms with E-state index in [9.17, 15) is 0 Å². The zero-order valence-corrected chi connectivity index (χ0v) is 20.2. The van der Waals surface area contributed by atoms with Gasteiger partial charge in [-0.25, -0.2) is 4.99 Å². The molecule has 176 valence electrons. The minimum Gasteiger partial charge on any atom is -0.317 e. The number of halogens is 1. The molecule has 2 saturated heterocycles. The van der Waals surface area contributed by atoms with E-state index in [0.29, 0.717) is 12.1 Å². The predicted octanol–water partition coefficient (Wildman–Crippen LogP) is 3.37. The van der Waals surface area contributed by atoms with Crippen molar-refractivity contribution < 1.29 is 0 Å². The molecule has 0 spiro atoms. The van der Waals surface area contributed by atoms with Crippen LogP contribution in [0.5, 0.6) is 0 Å². The molecule has 7 nitrogen and oxygen atoms in total. The lowest BCUT2D eigenvalue weighted by Crippen LogP contribution is -2.74. The van der Waals surface area contributed by atoms with Crippen LogP contribution >= 0.6 is 11.6 Å². The number of hydrogen-bond acceptors (Lipinski definition) is 4. The van der Waals surface area contributed by atoms with Crippen LogP contribution in [0.2, 0.25) is 5.02 Å². The van der Waals surface area contributed by atoms with Crippen molar-refractivity contribution in [2.75, 3.05) is 26.7 Å². The van der Waals surface area contributed by atoms with E-state index in [1.807, 2.05) is 31.3 Å². The Hall–Kier alpha value is -1.83. The van der Waals surface area contributed by atoms with E-state index in [4.69, 9.17) is 21.6 Å².